The molecule has 0 saturated heterocycles. The van der Waals surface area contributed by atoms with Crippen LogP contribution in [0.2, 0.25) is 0 Å². The molecule has 0 fully saturated rings. The van der Waals surface area contributed by atoms with Crippen molar-refractivity contribution < 1.29 is 19.8 Å². The molecule has 1 aromatic carbocycles. The highest BCUT2D eigenvalue weighted by Crippen LogP contribution is 2.32. The van der Waals surface area contributed by atoms with Crippen LogP contribution in [0.4, 0.5) is 0 Å². The van der Waals surface area contributed by atoms with Crippen LogP contribution in [0.25, 0.3) is 16.4 Å². The fourth-order valence-corrected chi connectivity index (χ4v) is 2.53. The molecule has 9 heteroatoms. The lowest BCUT2D eigenvalue weighted by molar-refractivity contribution is -0.135. The van der Waals surface area contributed by atoms with Crippen molar-refractivity contribution in [3.05, 3.63) is 34.7 Å². The lowest BCUT2D eigenvalue weighted by atomic mass is 10.1. The molecule has 0 saturated carbocycles. The number of benzene rings is 1. The number of carbonyl (C=O) groups is 2. The largest absolute Gasteiger partial charge is 0.505 e. The second-order valence-electron chi connectivity index (χ2n) is 5.17. The molecule has 3 N–H and O–H groups in total. The van der Waals surface area contributed by atoms with Crippen molar-refractivity contribution in [3.63, 3.8) is 0 Å². The van der Waals surface area contributed by atoms with Crippen LogP contribution in [-0.2, 0) is 4.79 Å². The standard InChI is InChI=1S/C13H9BrN4O4.C3H8/c14-6-1-2-7-8(3-6)12-16-5-17-18(12)10(11(7)21)13(22)15-4-9(19)20;1-3-2/h1-3,5,21H,4H2,(H,15,22)(H,19,20);3H2,1-2H3. The number of carbonyl (C=O) groups excluding carboxylic acids is 1. The Balaban J connectivity index is 0.000000701. The molecule has 0 aliphatic rings. The Morgan fingerprint density at radius 3 is 2.60 bits per heavy atom. The van der Waals surface area contributed by atoms with E-state index in [9.17, 15) is 14.7 Å². The highest BCUT2D eigenvalue weighted by molar-refractivity contribution is 9.10. The van der Waals surface area contributed by atoms with Gasteiger partial charge in [-0.3, -0.25) is 9.59 Å². The highest BCUT2D eigenvalue weighted by atomic mass is 79.9. The van der Waals surface area contributed by atoms with Crippen molar-refractivity contribution in [2.75, 3.05) is 6.54 Å². The van der Waals surface area contributed by atoms with Crippen LogP contribution >= 0.6 is 15.9 Å². The van der Waals surface area contributed by atoms with Crippen molar-refractivity contribution >= 4 is 44.2 Å². The van der Waals surface area contributed by atoms with Crippen molar-refractivity contribution in [1.29, 1.82) is 0 Å². The molecular formula is C16H17BrN4O4. The van der Waals surface area contributed by atoms with E-state index in [4.69, 9.17) is 5.11 Å². The summed E-state index contributed by atoms with van der Waals surface area (Å²) in [5.74, 6) is -2.23. The zero-order chi connectivity index (χ0) is 18.6. The third-order valence-electron chi connectivity index (χ3n) is 3.08. The number of pyridine rings is 1. The SMILES string of the molecule is CCC.O=C(O)CNC(=O)c1c(O)c2ccc(Br)cc2c2ncnn12. The quantitative estimate of drug-likeness (QED) is 0.612. The predicted octanol–water partition coefficient (Wildman–Crippen LogP) is 2.58. The molecule has 3 rings (SSSR count). The van der Waals surface area contributed by atoms with Crippen LogP contribution in [0.3, 0.4) is 0 Å². The van der Waals surface area contributed by atoms with Crippen LogP contribution in [-0.4, -0.2) is 43.2 Å². The van der Waals surface area contributed by atoms with Gasteiger partial charge in [0.1, 0.15) is 12.9 Å². The van der Waals surface area contributed by atoms with Crippen molar-refractivity contribution in [1.82, 2.24) is 19.9 Å². The molecule has 25 heavy (non-hydrogen) atoms. The van der Waals surface area contributed by atoms with Gasteiger partial charge in [0.2, 0.25) is 0 Å². The van der Waals surface area contributed by atoms with Gasteiger partial charge in [-0.25, -0.2) is 9.50 Å². The number of carboxylic acid groups (broad SMARTS) is 1. The van der Waals surface area contributed by atoms with E-state index >= 15 is 0 Å². The second-order valence-corrected chi connectivity index (χ2v) is 6.08. The maximum absolute atomic E-state index is 12.2. The van der Waals surface area contributed by atoms with E-state index < -0.39 is 18.4 Å². The molecule has 2 aromatic heterocycles. The zero-order valence-electron chi connectivity index (χ0n) is 13.7. The molecule has 0 radical (unpaired) electrons. The highest BCUT2D eigenvalue weighted by Gasteiger charge is 2.21. The predicted molar refractivity (Wildman–Crippen MR) is 95.8 cm³/mol. The molecule has 3 aromatic rings. The molecule has 0 unspecified atom stereocenters. The minimum absolute atomic E-state index is 0.163. The van der Waals surface area contributed by atoms with Crippen molar-refractivity contribution in [2.45, 2.75) is 20.3 Å². The van der Waals surface area contributed by atoms with Gasteiger partial charge in [-0.1, -0.05) is 36.2 Å². The smallest absolute Gasteiger partial charge is 0.322 e. The van der Waals surface area contributed by atoms with E-state index in [1.165, 1.54) is 17.3 Å². The van der Waals surface area contributed by atoms with Crippen LogP contribution in [0.1, 0.15) is 30.8 Å². The lowest BCUT2D eigenvalue weighted by Crippen LogP contribution is -2.31. The van der Waals surface area contributed by atoms with Gasteiger partial charge in [-0.15, -0.1) is 0 Å². The number of hydrogen-bond acceptors (Lipinski definition) is 5. The summed E-state index contributed by atoms with van der Waals surface area (Å²) in [5, 5.41) is 26.2. The molecule has 0 bridgehead atoms. The minimum Gasteiger partial charge on any atom is -0.505 e. The van der Waals surface area contributed by atoms with Crippen molar-refractivity contribution in [3.8, 4) is 5.75 Å². The van der Waals surface area contributed by atoms with Crippen LogP contribution < -0.4 is 5.32 Å². The molecule has 0 atom stereocenters. The Kier molecular flexibility index (Phi) is 5.92. The van der Waals surface area contributed by atoms with E-state index in [0.29, 0.717) is 16.4 Å². The summed E-state index contributed by atoms with van der Waals surface area (Å²) in [6, 6.07) is 5.10. The topological polar surface area (TPSA) is 117 Å². The van der Waals surface area contributed by atoms with Crippen LogP contribution in [0.15, 0.2) is 29.0 Å². The van der Waals surface area contributed by atoms with Gasteiger partial charge in [0.25, 0.3) is 5.91 Å². The molecule has 0 aliphatic carbocycles. The molecule has 132 valence electrons. The molecule has 1 amide bonds. The summed E-state index contributed by atoms with van der Waals surface area (Å²) in [7, 11) is 0. The summed E-state index contributed by atoms with van der Waals surface area (Å²) in [5.41, 5.74) is 0.221. The second kappa shape index (κ2) is 7.93. The van der Waals surface area contributed by atoms with E-state index in [1.54, 1.807) is 18.2 Å². The summed E-state index contributed by atoms with van der Waals surface area (Å²) in [4.78, 5) is 26.8. The number of aromatic nitrogens is 3. The monoisotopic (exact) mass is 408 g/mol. The van der Waals surface area contributed by atoms with Gasteiger partial charge in [0.15, 0.2) is 17.1 Å². The Labute approximate surface area is 151 Å². The first kappa shape index (κ1) is 18.7. The number of carboxylic acids is 1. The number of halogens is 1. The summed E-state index contributed by atoms with van der Waals surface area (Å²) < 4.78 is 1.97. The number of rotatable bonds is 3. The van der Waals surface area contributed by atoms with E-state index in [1.807, 2.05) is 0 Å². The number of aromatic hydroxyl groups is 1. The Bertz CT molecular complexity index is 939. The first-order chi connectivity index (χ1) is 11.9. The summed E-state index contributed by atoms with van der Waals surface area (Å²) in [6.07, 6.45) is 2.50. The summed E-state index contributed by atoms with van der Waals surface area (Å²) >= 11 is 3.34. The van der Waals surface area contributed by atoms with E-state index in [2.05, 4.69) is 45.2 Å². The average molecular weight is 409 g/mol. The number of nitrogens with zero attached hydrogens (tertiary/aromatic N) is 3. The maximum Gasteiger partial charge on any atom is 0.322 e. The van der Waals surface area contributed by atoms with E-state index in [-0.39, 0.29) is 11.4 Å². The number of nitrogens with one attached hydrogen (secondary N) is 1. The third-order valence-corrected chi connectivity index (χ3v) is 3.57. The number of fused-ring (bicyclic) bond motifs is 3. The van der Waals surface area contributed by atoms with Gasteiger partial charge >= 0.3 is 5.97 Å². The first-order valence-corrected chi connectivity index (χ1v) is 8.33. The molecule has 8 nitrogen and oxygen atoms in total. The van der Waals surface area contributed by atoms with Crippen molar-refractivity contribution in [2.24, 2.45) is 0 Å². The molecular weight excluding hydrogens is 392 g/mol. The van der Waals surface area contributed by atoms with Gasteiger partial charge in [0.05, 0.1) is 0 Å². The number of amides is 1. The zero-order valence-corrected chi connectivity index (χ0v) is 15.2. The first-order valence-electron chi connectivity index (χ1n) is 7.54. The lowest BCUT2D eigenvalue weighted by Gasteiger charge is -2.10. The number of hydrogen-bond donors (Lipinski definition) is 3. The Morgan fingerprint density at radius 2 is 1.96 bits per heavy atom. The third kappa shape index (κ3) is 3.87. The van der Waals surface area contributed by atoms with Gasteiger partial charge in [0, 0.05) is 15.2 Å². The fourth-order valence-electron chi connectivity index (χ4n) is 2.17. The number of aliphatic carboxylic acids is 1. The normalized spacial score (nSPS) is 10.4. The minimum atomic E-state index is -1.19. The molecule has 0 spiro atoms. The molecule has 0 aliphatic heterocycles. The van der Waals surface area contributed by atoms with E-state index in [0.717, 1.165) is 4.47 Å². The summed E-state index contributed by atoms with van der Waals surface area (Å²) in [6.45, 7) is 3.69. The fraction of sp³-hybridized carbons (Fsp3) is 0.250. The van der Waals surface area contributed by atoms with Gasteiger partial charge in [-0.2, -0.15) is 5.10 Å². The maximum atomic E-state index is 12.2. The van der Waals surface area contributed by atoms with Crippen LogP contribution in [0, 0.1) is 0 Å². The Hall–Kier alpha value is -2.68. The van der Waals surface area contributed by atoms with Crippen LogP contribution in [0.5, 0.6) is 5.75 Å². The Morgan fingerprint density at radius 1 is 1.28 bits per heavy atom. The van der Waals surface area contributed by atoms with Gasteiger partial charge < -0.3 is 15.5 Å². The average Bonchev–Trinajstić information content (AvgIpc) is 3.03. The van der Waals surface area contributed by atoms with Gasteiger partial charge in [-0.05, 0) is 18.2 Å². The molecule has 2 heterocycles.